The van der Waals surface area contributed by atoms with Gasteiger partial charge in [-0.25, -0.2) is 26.3 Å². The zero-order chi connectivity index (χ0) is 24.5. The number of allylic oxidation sites excluding steroid dienone is 3. The highest BCUT2D eigenvalue weighted by Crippen LogP contribution is 2.38. The molecule has 3 aromatic rings. The van der Waals surface area contributed by atoms with E-state index in [1.807, 2.05) is 0 Å². The molecule has 0 bridgehead atoms. The summed E-state index contributed by atoms with van der Waals surface area (Å²) in [5.41, 5.74) is -1.50. The number of halogens is 8. The molecule has 0 heterocycles. The Bertz CT molecular complexity index is 1220. The van der Waals surface area contributed by atoms with Crippen LogP contribution in [0.1, 0.15) is 18.1 Å². The Balaban J connectivity index is 2.00. The van der Waals surface area contributed by atoms with Crippen molar-refractivity contribution < 1.29 is 39.9 Å². The van der Waals surface area contributed by atoms with Gasteiger partial charge in [0.15, 0.2) is 17.5 Å². The first-order valence-electron chi connectivity index (χ1n) is 9.28. The van der Waals surface area contributed by atoms with E-state index in [1.165, 1.54) is 18.2 Å². The van der Waals surface area contributed by atoms with E-state index >= 15 is 0 Å². The maximum Gasteiger partial charge on any atom is 0.432 e. The summed E-state index contributed by atoms with van der Waals surface area (Å²) in [7, 11) is 0. The van der Waals surface area contributed by atoms with Crippen molar-refractivity contribution in [2.24, 2.45) is 0 Å². The maximum atomic E-state index is 14.6. The topological polar surface area (TPSA) is 9.23 Å². The number of alkyl halides is 2. The molecule has 0 aromatic heterocycles. The zero-order valence-electron chi connectivity index (χ0n) is 16.8. The molecule has 0 atom stereocenters. The average Bonchev–Trinajstić information content (AvgIpc) is 2.71. The predicted octanol–water partition coefficient (Wildman–Crippen LogP) is 7.91. The lowest BCUT2D eigenvalue weighted by molar-refractivity contribution is -0.189. The summed E-state index contributed by atoms with van der Waals surface area (Å²) in [5.74, 6) is -11.3. The van der Waals surface area contributed by atoms with Gasteiger partial charge >= 0.3 is 6.11 Å². The molecule has 0 saturated carbocycles. The summed E-state index contributed by atoms with van der Waals surface area (Å²) in [6.45, 7) is 5.28. The Morgan fingerprint density at radius 2 is 1.39 bits per heavy atom. The van der Waals surface area contributed by atoms with E-state index in [4.69, 9.17) is 0 Å². The molecule has 1 nitrogen and oxygen atoms in total. The Labute approximate surface area is 183 Å². The minimum atomic E-state index is -4.74. The average molecular weight is 470 g/mol. The number of ether oxygens (including phenoxy) is 1. The Morgan fingerprint density at radius 1 is 0.818 bits per heavy atom. The van der Waals surface area contributed by atoms with Crippen LogP contribution in [0.25, 0.3) is 16.7 Å². The molecule has 33 heavy (non-hydrogen) atoms. The van der Waals surface area contributed by atoms with Crippen molar-refractivity contribution in [3.63, 3.8) is 0 Å². The van der Waals surface area contributed by atoms with Gasteiger partial charge in [-0.2, -0.15) is 8.78 Å². The van der Waals surface area contributed by atoms with E-state index in [0.29, 0.717) is 23.3 Å². The molecule has 0 aliphatic rings. The van der Waals surface area contributed by atoms with E-state index in [2.05, 4.69) is 11.3 Å². The summed E-state index contributed by atoms with van der Waals surface area (Å²) in [4.78, 5) is 0. The van der Waals surface area contributed by atoms with Crippen molar-refractivity contribution in [3.05, 3.63) is 107 Å². The molecule has 0 fully saturated rings. The molecular weight excluding hydrogens is 456 g/mol. The summed E-state index contributed by atoms with van der Waals surface area (Å²) in [6.07, 6.45) is -1.60. The fourth-order valence-corrected chi connectivity index (χ4v) is 3.13. The maximum absolute atomic E-state index is 14.6. The third-order valence-corrected chi connectivity index (χ3v) is 4.68. The van der Waals surface area contributed by atoms with Gasteiger partial charge in [-0.15, -0.1) is 0 Å². The van der Waals surface area contributed by atoms with E-state index in [-0.39, 0.29) is 23.3 Å². The molecule has 3 aromatic carbocycles. The third kappa shape index (κ3) is 4.76. The summed E-state index contributed by atoms with van der Waals surface area (Å²) in [5, 5.41) is 0. The van der Waals surface area contributed by atoms with Gasteiger partial charge in [0, 0.05) is 17.7 Å². The van der Waals surface area contributed by atoms with E-state index in [9.17, 15) is 35.1 Å². The van der Waals surface area contributed by atoms with Crippen LogP contribution in [-0.2, 0) is 6.11 Å². The standard InChI is InChI=1S/C24H14F8O/c1-3-12(4-2)13-5-6-16(17(25)7-13)14-8-18(26)22(19(27)9-14)24(31,32)33-15-10-20(28)23(30)21(29)11-15/h3-11H,1H2,2H3/b12-4+. The molecular formula is C24H14F8O. The third-order valence-electron chi connectivity index (χ3n) is 4.68. The second kappa shape index (κ2) is 9.09. The summed E-state index contributed by atoms with van der Waals surface area (Å²) in [6, 6.07) is 4.86. The SMILES string of the molecule is C=C/C(=C\C)c1ccc(-c2cc(F)c(C(F)(F)Oc3cc(F)c(F)c(F)c3)c(F)c2)c(F)c1. The summed E-state index contributed by atoms with van der Waals surface area (Å²) < 4.78 is 116. The molecule has 0 amide bonds. The highest BCUT2D eigenvalue weighted by atomic mass is 19.3. The van der Waals surface area contributed by atoms with Crippen LogP contribution in [0.2, 0.25) is 0 Å². The van der Waals surface area contributed by atoms with Crippen molar-refractivity contribution in [2.75, 3.05) is 0 Å². The van der Waals surface area contributed by atoms with Gasteiger partial charge in [0.1, 0.15) is 28.8 Å². The van der Waals surface area contributed by atoms with E-state index in [1.54, 1.807) is 13.0 Å². The monoisotopic (exact) mass is 470 g/mol. The lowest BCUT2D eigenvalue weighted by Crippen LogP contribution is -2.25. The molecule has 0 aliphatic carbocycles. The van der Waals surface area contributed by atoms with E-state index in [0.717, 1.165) is 6.07 Å². The fraction of sp³-hybridized carbons (Fsp3) is 0.0833. The summed E-state index contributed by atoms with van der Waals surface area (Å²) >= 11 is 0. The van der Waals surface area contributed by atoms with Crippen LogP contribution in [0.4, 0.5) is 35.1 Å². The number of benzene rings is 3. The van der Waals surface area contributed by atoms with Crippen molar-refractivity contribution in [2.45, 2.75) is 13.0 Å². The van der Waals surface area contributed by atoms with Crippen LogP contribution >= 0.6 is 0 Å². The van der Waals surface area contributed by atoms with Crippen molar-refractivity contribution >= 4 is 5.57 Å². The Hall–Kier alpha value is -3.62. The first-order chi connectivity index (χ1) is 15.5. The molecule has 3 rings (SSSR count). The lowest BCUT2D eigenvalue weighted by atomic mass is 9.98. The van der Waals surface area contributed by atoms with Crippen LogP contribution in [0.5, 0.6) is 5.75 Å². The quantitative estimate of drug-likeness (QED) is 0.202. The second-order valence-electron chi connectivity index (χ2n) is 6.78. The van der Waals surface area contributed by atoms with Crippen LogP contribution < -0.4 is 4.74 Å². The molecule has 0 unspecified atom stereocenters. The van der Waals surface area contributed by atoms with Gasteiger partial charge in [0.05, 0.1) is 0 Å². The molecule has 0 N–H and O–H groups in total. The van der Waals surface area contributed by atoms with Crippen LogP contribution in [0.15, 0.2) is 61.2 Å². The molecule has 0 saturated heterocycles. The van der Waals surface area contributed by atoms with Crippen molar-refractivity contribution in [1.29, 1.82) is 0 Å². The number of rotatable bonds is 6. The minimum absolute atomic E-state index is 0.0929. The Morgan fingerprint density at radius 3 is 1.88 bits per heavy atom. The van der Waals surface area contributed by atoms with Crippen molar-refractivity contribution in [3.8, 4) is 16.9 Å². The minimum Gasteiger partial charge on any atom is -0.429 e. The van der Waals surface area contributed by atoms with Crippen LogP contribution in [-0.4, -0.2) is 0 Å². The molecule has 9 heteroatoms. The first-order valence-corrected chi connectivity index (χ1v) is 9.28. The smallest absolute Gasteiger partial charge is 0.429 e. The van der Waals surface area contributed by atoms with Gasteiger partial charge in [0.2, 0.25) is 0 Å². The highest BCUT2D eigenvalue weighted by molar-refractivity contribution is 5.76. The van der Waals surface area contributed by atoms with Gasteiger partial charge < -0.3 is 4.74 Å². The van der Waals surface area contributed by atoms with Crippen molar-refractivity contribution in [1.82, 2.24) is 0 Å². The number of hydrogen-bond donors (Lipinski definition) is 0. The van der Waals surface area contributed by atoms with Gasteiger partial charge in [-0.05, 0) is 41.8 Å². The van der Waals surface area contributed by atoms with E-state index < -0.39 is 52.3 Å². The number of hydrogen-bond acceptors (Lipinski definition) is 1. The van der Waals surface area contributed by atoms with Gasteiger partial charge in [-0.3, -0.25) is 0 Å². The van der Waals surface area contributed by atoms with Crippen LogP contribution in [0, 0.1) is 34.9 Å². The largest absolute Gasteiger partial charge is 0.432 e. The highest BCUT2D eigenvalue weighted by Gasteiger charge is 2.41. The van der Waals surface area contributed by atoms with Gasteiger partial charge in [0.25, 0.3) is 0 Å². The van der Waals surface area contributed by atoms with Crippen LogP contribution in [0.3, 0.4) is 0 Å². The molecule has 0 radical (unpaired) electrons. The Kier molecular flexibility index (Phi) is 6.62. The molecule has 172 valence electrons. The first kappa shape index (κ1) is 24.0. The molecule has 0 spiro atoms. The second-order valence-corrected chi connectivity index (χ2v) is 6.78. The lowest BCUT2D eigenvalue weighted by Gasteiger charge is -2.20. The zero-order valence-corrected chi connectivity index (χ0v) is 16.8. The van der Waals surface area contributed by atoms with Gasteiger partial charge in [-0.1, -0.05) is 30.9 Å². The predicted molar refractivity (Wildman–Crippen MR) is 106 cm³/mol. The fourth-order valence-electron chi connectivity index (χ4n) is 3.13. The normalized spacial score (nSPS) is 12.1. The molecule has 0 aliphatic heterocycles.